The zero-order valence-corrected chi connectivity index (χ0v) is 10.1. The maximum Gasteiger partial charge on any atom is 0.0623 e. The minimum absolute atomic E-state index is 0.826. The largest absolute Gasteiger partial charge is 0.317 e. The Kier molecular flexibility index (Phi) is 2.89. The lowest BCUT2D eigenvalue weighted by Crippen LogP contribution is -2.28. The van der Waals surface area contributed by atoms with E-state index in [2.05, 4.69) is 34.0 Å². The lowest BCUT2D eigenvalue weighted by Gasteiger charge is -2.21. The van der Waals surface area contributed by atoms with E-state index in [4.69, 9.17) is 0 Å². The number of aromatic nitrogens is 1. The molecule has 1 N–H and O–H groups in total. The number of piperidine rings is 1. The lowest BCUT2D eigenvalue weighted by molar-refractivity contribution is 0.371. The van der Waals surface area contributed by atoms with Gasteiger partial charge in [-0.25, -0.2) is 0 Å². The van der Waals surface area contributed by atoms with Crippen LogP contribution in [0, 0.1) is 5.92 Å². The van der Waals surface area contributed by atoms with Gasteiger partial charge in [-0.2, -0.15) is 4.37 Å². The molecule has 16 heavy (non-hydrogen) atoms. The zero-order valence-electron chi connectivity index (χ0n) is 9.28. The van der Waals surface area contributed by atoms with Crippen LogP contribution in [0.15, 0.2) is 24.3 Å². The fourth-order valence-electron chi connectivity index (χ4n) is 2.44. The van der Waals surface area contributed by atoms with Gasteiger partial charge in [0.15, 0.2) is 0 Å². The van der Waals surface area contributed by atoms with Crippen LogP contribution in [0.3, 0.4) is 0 Å². The highest BCUT2D eigenvalue weighted by Crippen LogP contribution is 2.26. The van der Waals surface area contributed by atoms with Gasteiger partial charge >= 0.3 is 0 Å². The second-order valence-corrected chi connectivity index (χ2v) is 5.33. The van der Waals surface area contributed by atoms with E-state index >= 15 is 0 Å². The van der Waals surface area contributed by atoms with Crippen LogP contribution in [0.2, 0.25) is 0 Å². The summed E-state index contributed by atoms with van der Waals surface area (Å²) in [6.07, 6.45) is 3.75. The third kappa shape index (κ3) is 1.97. The first kappa shape index (κ1) is 10.2. The summed E-state index contributed by atoms with van der Waals surface area (Å²) in [5.41, 5.74) is 1.31. The SMILES string of the molecule is c1ccc2c(CC3CCNCC3)nsc2c1. The Balaban J connectivity index is 1.83. The van der Waals surface area contributed by atoms with E-state index in [0.29, 0.717) is 0 Å². The van der Waals surface area contributed by atoms with E-state index in [-0.39, 0.29) is 0 Å². The lowest BCUT2D eigenvalue weighted by atomic mass is 9.92. The molecule has 0 saturated carbocycles. The van der Waals surface area contributed by atoms with Crippen LogP contribution >= 0.6 is 11.5 Å². The van der Waals surface area contributed by atoms with Gasteiger partial charge in [-0.1, -0.05) is 18.2 Å². The van der Waals surface area contributed by atoms with Gasteiger partial charge in [-0.05, 0) is 55.9 Å². The van der Waals surface area contributed by atoms with Gasteiger partial charge in [0, 0.05) is 5.39 Å². The molecule has 1 fully saturated rings. The Bertz CT molecular complexity index is 471. The standard InChI is InChI=1S/C13H16N2S/c1-2-4-13-11(3-1)12(15-16-13)9-10-5-7-14-8-6-10/h1-4,10,14H,5-9H2. The number of hydrogen-bond acceptors (Lipinski definition) is 3. The normalized spacial score (nSPS) is 18.0. The predicted octanol–water partition coefficient (Wildman–Crippen LogP) is 2.84. The van der Waals surface area contributed by atoms with Crippen LogP contribution in [0.25, 0.3) is 10.1 Å². The highest BCUT2D eigenvalue weighted by molar-refractivity contribution is 7.13. The molecular weight excluding hydrogens is 216 g/mol. The van der Waals surface area contributed by atoms with Gasteiger partial charge in [0.1, 0.15) is 0 Å². The smallest absolute Gasteiger partial charge is 0.0623 e. The molecule has 0 amide bonds. The van der Waals surface area contributed by atoms with Crippen molar-refractivity contribution < 1.29 is 0 Å². The average Bonchev–Trinajstić information content (AvgIpc) is 2.74. The van der Waals surface area contributed by atoms with Crippen molar-refractivity contribution in [1.29, 1.82) is 0 Å². The van der Waals surface area contributed by atoms with Gasteiger partial charge in [0.2, 0.25) is 0 Å². The summed E-state index contributed by atoms with van der Waals surface area (Å²) in [6, 6.07) is 8.58. The Morgan fingerprint density at radius 3 is 2.94 bits per heavy atom. The summed E-state index contributed by atoms with van der Waals surface area (Å²) in [6.45, 7) is 2.35. The molecule has 2 aromatic rings. The molecule has 0 aliphatic carbocycles. The van der Waals surface area contributed by atoms with Crippen LogP contribution in [0.4, 0.5) is 0 Å². The van der Waals surface area contributed by atoms with Crippen LogP contribution in [-0.2, 0) is 6.42 Å². The highest BCUT2D eigenvalue weighted by atomic mass is 32.1. The Hall–Kier alpha value is -0.930. The van der Waals surface area contributed by atoms with E-state index in [0.717, 1.165) is 12.3 Å². The number of rotatable bonds is 2. The third-order valence-corrected chi connectivity index (χ3v) is 4.26. The van der Waals surface area contributed by atoms with Crippen molar-refractivity contribution in [2.45, 2.75) is 19.3 Å². The Morgan fingerprint density at radius 1 is 1.25 bits per heavy atom. The van der Waals surface area contributed by atoms with E-state index in [1.54, 1.807) is 11.5 Å². The van der Waals surface area contributed by atoms with Crippen molar-refractivity contribution in [3.8, 4) is 0 Å². The number of fused-ring (bicyclic) bond motifs is 1. The first-order valence-electron chi connectivity index (χ1n) is 5.97. The molecule has 84 valence electrons. The summed E-state index contributed by atoms with van der Waals surface area (Å²) in [5, 5.41) is 4.78. The molecule has 2 heterocycles. The quantitative estimate of drug-likeness (QED) is 0.861. The van der Waals surface area contributed by atoms with Crippen molar-refractivity contribution in [2.75, 3.05) is 13.1 Å². The van der Waals surface area contributed by atoms with Crippen molar-refractivity contribution in [3.05, 3.63) is 30.0 Å². The van der Waals surface area contributed by atoms with Gasteiger partial charge in [-0.3, -0.25) is 0 Å². The van der Waals surface area contributed by atoms with Gasteiger partial charge in [-0.15, -0.1) is 0 Å². The van der Waals surface area contributed by atoms with Crippen molar-refractivity contribution in [3.63, 3.8) is 0 Å². The summed E-state index contributed by atoms with van der Waals surface area (Å²) in [4.78, 5) is 0. The van der Waals surface area contributed by atoms with Crippen molar-refractivity contribution in [2.24, 2.45) is 5.92 Å². The topological polar surface area (TPSA) is 24.9 Å². The summed E-state index contributed by atoms with van der Waals surface area (Å²) in [7, 11) is 0. The summed E-state index contributed by atoms with van der Waals surface area (Å²) in [5.74, 6) is 0.826. The van der Waals surface area contributed by atoms with E-state index in [1.807, 2.05) is 0 Å². The number of benzene rings is 1. The fourth-order valence-corrected chi connectivity index (χ4v) is 3.25. The molecule has 3 heteroatoms. The molecule has 1 saturated heterocycles. The average molecular weight is 232 g/mol. The van der Waals surface area contributed by atoms with Crippen LogP contribution in [0.1, 0.15) is 18.5 Å². The predicted molar refractivity (Wildman–Crippen MR) is 68.9 cm³/mol. The zero-order chi connectivity index (χ0) is 10.8. The molecule has 0 spiro atoms. The maximum absolute atomic E-state index is 4.61. The summed E-state index contributed by atoms with van der Waals surface area (Å²) < 4.78 is 5.94. The third-order valence-electron chi connectivity index (χ3n) is 3.39. The van der Waals surface area contributed by atoms with Crippen LogP contribution < -0.4 is 5.32 Å². The van der Waals surface area contributed by atoms with Crippen molar-refractivity contribution >= 4 is 21.6 Å². The van der Waals surface area contributed by atoms with E-state index in [9.17, 15) is 0 Å². The minimum Gasteiger partial charge on any atom is -0.317 e. The van der Waals surface area contributed by atoms with E-state index < -0.39 is 0 Å². The molecule has 2 nitrogen and oxygen atoms in total. The van der Waals surface area contributed by atoms with Crippen LogP contribution in [-0.4, -0.2) is 17.5 Å². The maximum atomic E-state index is 4.61. The van der Waals surface area contributed by atoms with Gasteiger partial charge in [0.25, 0.3) is 0 Å². The molecule has 0 radical (unpaired) electrons. The van der Waals surface area contributed by atoms with E-state index in [1.165, 1.54) is 41.7 Å². The second kappa shape index (κ2) is 4.52. The second-order valence-electron chi connectivity index (χ2n) is 4.52. The van der Waals surface area contributed by atoms with Crippen molar-refractivity contribution in [1.82, 2.24) is 9.69 Å². The number of nitrogens with zero attached hydrogens (tertiary/aromatic N) is 1. The number of hydrogen-bond donors (Lipinski definition) is 1. The molecular formula is C13H16N2S. The van der Waals surface area contributed by atoms with Gasteiger partial charge < -0.3 is 5.32 Å². The summed E-state index contributed by atoms with van der Waals surface area (Å²) >= 11 is 1.64. The molecule has 0 bridgehead atoms. The highest BCUT2D eigenvalue weighted by Gasteiger charge is 2.16. The molecule has 0 unspecified atom stereocenters. The molecule has 1 aliphatic heterocycles. The first-order valence-corrected chi connectivity index (χ1v) is 6.75. The molecule has 1 aliphatic rings. The molecule has 0 atom stereocenters. The first-order chi connectivity index (χ1) is 7.93. The molecule has 3 rings (SSSR count). The molecule has 1 aromatic carbocycles. The van der Waals surface area contributed by atoms with Gasteiger partial charge in [0.05, 0.1) is 10.4 Å². The number of nitrogens with one attached hydrogen (secondary N) is 1. The minimum atomic E-state index is 0.826. The Morgan fingerprint density at radius 2 is 2.06 bits per heavy atom. The molecule has 1 aromatic heterocycles. The Labute approximate surface area is 99.8 Å². The monoisotopic (exact) mass is 232 g/mol. The van der Waals surface area contributed by atoms with Crippen LogP contribution in [0.5, 0.6) is 0 Å². The fraction of sp³-hybridized carbons (Fsp3) is 0.462.